The van der Waals surface area contributed by atoms with Gasteiger partial charge in [0, 0.05) is 33.1 Å². The zero-order chi connectivity index (χ0) is 12.1. The summed E-state index contributed by atoms with van der Waals surface area (Å²) in [6.07, 6.45) is 0. The molecule has 7 heteroatoms. The quantitative estimate of drug-likeness (QED) is 0.408. The third kappa shape index (κ3) is 5.34. The van der Waals surface area contributed by atoms with Gasteiger partial charge in [0.05, 0.1) is 6.04 Å². The van der Waals surface area contributed by atoms with Crippen LogP contribution in [0.2, 0.25) is 0 Å². The first-order chi connectivity index (χ1) is 7.54. The Morgan fingerprint density at radius 3 is 2.24 bits per heavy atom. The van der Waals surface area contributed by atoms with Crippen LogP contribution < -0.4 is 24.2 Å². The number of hydrogen-bond donors (Lipinski definition) is 1. The van der Waals surface area contributed by atoms with E-state index in [1.807, 2.05) is 7.05 Å². The van der Waals surface area contributed by atoms with Gasteiger partial charge in [-0.1, -0.05) is 0 Å². The summed E-state index contributed by atoms with van der Waals surface area (Å²) >= 11 is 4.89. The Balaban J connectivity index is 0.00000256. The van der Waals surface area contributed by atoms with Crippen molar-refractivity contribution in [1.82, 2.24) is 15.1 Å². The summed E-state index contributed by atoms with van der Waals surface area (Å²) in [4.78, 5) is 26.9. The van der Waals surface area contributed by atoms with Crippen molar-refractivity contribution >= 4 is 24.4 Å². The van der Waals surface area contributed by atoms with Crippen molar-refractivity contribution in [2.24, 2.45) is 0 Å². The average molecular weight is 251 g/mol. The SMILES string of the molecule is CC(=O)N[C@@H](C[S-])C(=O)N1CCN(C)CC1.[Li+]. The summed E-state index contributed by atoms with van der Waals surface area (Å²) in [6, 6.07) is -0.545. The Hall–Kier alpha value is -0.153. The summed E-state index contributed by atoms with van der Waals surface area (Å²) in [5.74, 6) is -0.0410. The number of nitrogens with one attached hydrogen (secondary N) is 1. The largest absolute Gasteiger partial charge is 1.00 e. The Morgan fingerprint density at radius 1 is 1.29 bits per heavy atom. The first-order valence-electron chi connectivity index (χ1n) is 5.37. The fourth-order valence-corrected chi connectivity index (χ4v) is 1.89. The van der Waals surface area contributed by atoms with Crippen molar-refractivity contribution in [2.75, 3.05) is 39.0 Å². The molecule has 1 saturated heterocycles. The Morgan fingerprint density at radius 2 is 1.82 bits per heavy atom. The molecule has 1 heterocycles. The molecule has 0 aromatic carbocycles. The van der Waals surface area contributed by atoms with Crippen LogP contribution in [0.25, 0.3) is 0 Å². The molecule has 0 bridgehead atoms. The molecule has 0 unspecified atom stereocenters. The van der Waals surface area contributed by atoms with Crippen LogP contribution in [0.3, 0.4) is 0 Å². The minimum Gasteiger partial charge on any atom is -0.790 e. The summed E-state index contributed by atoms with van der Waals surface area (Å²) in [6.45, 7) is 4.56. The van der Waals surface area contributed by atoms with E-state index in [2.05, 4.69) is 10.2 Å². The van der Waals surface area contributed by atoms with Crippen LogP contribution in [0.1, 0.15) is 6.92 Å². The van der Waals surface area contributed by atoms with Gasteiger partial charge in [0.25, 0.3) is 0 Å². The van der Waals surface area contributed by atoms with Crippen molar-refractivity contribution in [2.45, 2.75) is 13.0 Å². The first kappa shape index (κ1) is 16.8. The molecular weight excluding hydrogens is 233 g/mol. The fraction of sp³-hybridized carbons (Fsp3) is 0.800. The van der Waals surface area contributed by atoms with E-state index in [0.29, 0.717) is 13.1 Å². The Bertz CT molecular complexity index is 270. The number of rotatable bonds is 3. The topological polar surface area (TPSA) is 52.7 Å². The van der Waals surface area contributed by atoms with Gasteiger partial charge in [0.2, 0.25) is 11.8 Å². The van der Waals surface area contributed by atoms with Gasteiger partial charge in [-0.25, -0.2) is 0 Å². The monoisotopic (exact) mass is 251 g/mol. The Kier molecular flexibility index (Phi) is 7.97. The van der Waals surface area contributed by atoms with Gasteiger partial charge in [0.15, 0.2) is 0 Å². The van der Waals surface area contributed by atoms with Gasteiger partial charge < -0.3 is 27.7 Å². The third-order valence-electron chi connectivity index (χ3n) is 2.66. The standard InChI is InChI=1S/C10H19N3O2S.Li/c1-8(14)11-9(7-16)10(15)13-5-3-12(2)4-6-13;/h9,16H,3-7H2,1-2H3,(H,11,14);/q;+1/p-1/t9-;/m0./s1. The molecule has 1 aliphatic heterocycles. The van der Waals surface area contributed by atoms with Gasteiger partial charge in [-0.2, -0.15) is 0 Å². The molecule has 0 saturated carbocycles. The number of hydrogen-bond acceptors (Lipinski definition) is 4. The van der Waals surface area contributed by atoms with Crippen LogP contribution in [0.5, 0.6) is 0 Å². The molecule has 2 amide bonds. The van der Waals surface area contributed by atoms with Crippen molar-refractivity contribution in [1.29, 1.82) is 0 Å². The molecule has 0 aliphatic carbocycles. The van der Waals surface area contributed by atoms with Crippen LogP contribution in [-0.4, -0.2) is 66.6 Å². The van der Waals surface area contributed by atoms with E-state index in [1.165, 1.54) is 6.92 Å². The van der Waals surface area contributed by atoms with Gasteiger partial charge in [-0.3, -0.25) is 9.59 Å². The van der Waals surface area contributed by atoms with E-state index in [1.54, 1.807) is 4.90 Å². The molecule has 0 aromatic heterocycles. The molecule has 1 N–H and O–H groups in total. The number of piperazine rings is 1. The molecule has 1 atom stereocenters. The summed E-state index contributed by atoms with van der Waals surface area (Å²) in [5, 5.41) is 2.59. The maximum absolute atomic E-state index is 12.0. The molecular formula is C10H18LiN3O2S. The van der Waals surface area contributed by atoms with E-state index in [4.69, 9.17) is 12.6 Å². The average Bonchev–Trinajstić information content (AvgIpc) is 2.25. The molecule has 0 spiro atoms. The van der Waals surface area contributed by atoms with Crippen LogP contribution in [-0.2, 0) is 22.2 Å². The Labute approximate surface area is 120 Å². The fourth-order valence-electron chi connectivity index (χ4n) is 1.67. The normalized spacial score (nSPS) is 18.2. The smallest absolute Gasteiger partial charge is 0.790 e. The number of carbonyl (C=O) groups excluding carboxylic acids is 2. The van der Waals surface area contributed by atoms with Gasteiger partial charge in [0.1, 0.15) is 0 Å². The van der Waals surface area contributed by atoms with E-state index in [-0.39, 0.29) is 36.4 Å². The number of likely N-dealkylation sites (N-methyl/N-ethyl adjacent to an activating group) is 1. The minimum atomic E-state index is -0.545. The molecule has 0 radical (unpaired) electrons. The first-order valence-corrected chi connectivity index (χ1v) is 5.95. The van der Waals surface area contributed by atoms with Crippen LogP contribution in [0.4, 0.5) is 0 Å². The maximum atomic E-state index is 12.0. The zero-order valence-corrected chi connectivity index (χ0v) is 11.5. The second-order valence-corrected chi connectivity index (χ2v) is 4.38. The summed E-state index contributed by atoms with van der Waals surface area (Å²) < 4.78 is 0. The van der Waals surface area contributed by atoms with Crippen LogP contribution in [0, 0.1) is 0 Å². The van der Waals surface area contributed by atoms with E-state index < -0.39 is 6.04 Å². The predicted molar refractivity (Wildman–Crippen MR) is 63.9 cm³/mol. The summed E-state index contributed by atoms with van der Waals surface area (Å²) in [5.41, 5.74) is 0. The number of nitrogens with zero attached hydrogens (tertiary/aromatic N) is 2. The van der Waals surface area contributed by atoms with Crippen molar-refractivity contribution < 1.29 is 28.4 Å². The molecule has 1 aliphatic rings. The molecule has 1 fully saturated rings. The van der Waals surface area contributed by atoms with E-state index >= 15 is 0 Å². The van der Waals surface area contributed by atoms with Crippen LogP contribution in [0.15, 0.2) is 0 Å². The van der Waals surface area contributed by atoms with Crippen molar-refractivity contribution in [3.05, 3.63) is 0 Å². The molecule has 17 heavy (non-hydrogen) atoms. The van der Waals surface area contributed by atoms with Crippen LogP contribution >= 0.6 is 0 Å². The zero-order valence-electron chi connectivity index (χ0n) is 10.7. The van der Waals surface area contributed by atoms with Crippen molar-refractivity contribution in [3.63, 3.8) is 0 Å². The number of carbonyl (C=O) groups is 2. The van der Waals surface area contributed by atoms with Gasteiger partial charge in [-0.05, 0) is 7.05 Å². The molecule has 1 rings (SSSR count). The molecule has 5 nitrogen and oxygen atoms in total. The second kappa shape index (κ2) is 8.04. The second-order valence-electron chi connectivity index (χ2n) is 4.05. The van der Waals surface area contributed by atoms with Crippen molar-refractivity contribution in [3.8, 4) is 0 Å². The predicted octanol–water partition coefficient (Wildman–Crippen LogP) is -4.18. The van der Waals surface area contributed by atoms with Gasteiger partial charge in [-0.15, -0.1) is 5.75 Å². The molecule has 92 valence electrons. The van der Waals surface area contributed by atoms with E-state index in [0.717, 1.165) is 13.1 Å². The molecule has 0 aromatic rings. The summed E-state index contributed by atoms with van der Waals surface area (Å²) in [7, 11) is 2.03. The number of amides is 2. The van der Waals surface area contributed by atoms with Gasteiger partial charge >= 0.3 is 18.9 Å². The third-order valence-corrected chi connectivity index (χ3v) is 2.99. The maximum Gasteiger partial charge on any atom is 1.00 e. The van der Waals surface area contributed by atoms with E-state index in [9.17, 15) is 9.59 Å². The minimum absolute atomic E-state index is 0.